The minimum atomic E-state index is -0.546. The zero-order valence-corrected chi connectivity index (χ0v) is 21.8. The van der Waals surface area contributed by atoms with Crippen LogP contribution in [0.2, 0.25) is 0 Å². The monoisotopic (exact) mass is 517 g/mol. The predicted molar refractivity (Wildman–Crippen MR) is 147 cm³/mol. The van der Waals surface area contributed by atoms with E-state index in [2.05, 4.69) is 4.90 Å². The molecule has 200 valence electrons. The van der Waals surface area contributed by atoms with E-state index < -0.39 is 11.9 Å². The predicted octanol–water partition coefficient (Wildman–Crippen LogP) is 3.87. The Morgan fingerprint density at radius 3 is 2.29 bits per heavy atom. The molecule has 1 atom stereocenters. The summed E-state index contributed by atoms with van der Waals surface area (Å²) >= 11 is 0. The maximum atomic E-state index is 14.3. The third-order valence-corrected chi connectivity index (χ3v) is 6.58. The van der Waals surface area contributed by atoms with Crippen LogP contribution in [0.15, 0.2) is 78.9 Å². The van der Waals surface area contributed by atoms with Gasteiger partial charge in [0.15, 0.2) is 0 Å². The molecule has 0 radical (unpaired) electrons. The summed E-state index contributed by atoms with van der Waals surface area (Å²) in [6, 6.07) is 24.4. The van der Waals surface area contributed by atoms with Gasteiger partial charge in [-0.05, 0) is 47.9 Å². The van der Waals surface area contributed by atoms with Gasteiger partial charge in [0.05, 0.1) is 32.5 Å². The van der Waals surface area contributed by atoms with Crippen LogP contribution in [-0.4, -0.2) is 76.0 Å². The number of carbonyl (C=O) groups excluding carboxylic acids is 2. The lowest BCUT2D eigenvalue weighted by molar-refractivity contribution is -0.125. The molecule has 1 saturated heterocycles. The van der Waals surface area contributed by atoms with Gasteiger partial charge in [-0.25, -0.2) is 0 Å². The minimum Gasteiger partial charge on any atom is -0.382 e. The number of carbonyl (C=O) groups is 2. The van der Waals surface area contributed by atoms with Crippen molar-refractivity contribution in [2.75, 3.05) is 58.1 Å². The molecule has 2 N–H and O–H groups in total. The Morgan fingerprint density at radius 2 is 1.61 bits per heavy atom. The summed E-state index contributed by atoms with van der Waals surface area (Å²) in [5.41, 5.74) is 9.33. The van der Waals surface area contributed by atoms with Crippen LogP contribution >= 0.6 is 0 Å². The molecule has 8 heteroatoms. The molecule has 0 saturated carbocycles. The molecule has 38 heavy (non-hydrogen) atoms. The van der Waals surface area contributed by atoms with E-state index in [1.54, 1.807) is 30.2 Å². The summed E-state index contributed by atoms with van der Waals surface area (Å²) < 4.78 is 16.4. The first kappa shape index (κ1) is 27.5. The third-order valence-electron chi connectivity index (χ3n) is 6.58. The first-order chi connectivity index (χ1) is 18.6. The topological polar surface area (TPSA) is 94.3 Å². The van der Waals surface area contributed by atoms with Crippen molar-refractivity contribution in [1.29, 1.82) is 0 Å². The van der Waals surface area contributed by atoms with E-state index in [4.69, 9.17) is 19.9 Å². The standard InChI is InChI=1S/C30H35N3O5/c1-36-20-21-37-17-14-28(32-15-18-38-19-16-32)30(35)33(27-9-5-8-25(22-27)29(31)34)26-12-10-24(11-13-26)23-6-3-2-4-7-23/h2-13,22,28H,14-21H2,1H3,(H2,31,34). The number of amides is 2. The second-order valence-corrected chi connectivity index (χ2v) is 9.06. The van der Waals surface area contributed by atoms with Crippen LogP contribution < -0.4 is 10.6 Å². The van der Waals surface area contributed by atoms with Crippen LogP contribution in [0.25, 0.3) is 11.1 Å². The van der Waals surface area contributed by atoms with Crippen molar-refractivity contribution >= 4 is 23.2 Å². The molecule has 1 fully saturated rings. The van der Waals surface area contributed by atoms with Gasteiger partial charge in [-0.3, -0.25) is 19.4 Å². The van der Waals surface area contributed by atoms with E-state index in [0.29, 0.717) is 69.5 Å². The Balaban J connectivity index is 1.68. The SMILES string of the molecule is COCCOCCC(C(=O)N(c1ccc(-c2ccccc2)cc1)c1cccc(C(N)=O)c1)N1CCOCC1. The highest BCUT2D eigenvalue weighted by atomic mass is 16.5. The highest BCUT2D eigenvalue weighted by molar-refractivity contribution is 6.05. The Morgan fingerprint density at radius 1 is 0.895 bits per heavy atom. The highest BCUT2D eigenvalue weighted by Gasteiger charge is 2.32. The van der Waals surface area contributed by atoms with Crippen LogP contribution in [0.4, 0.5) is 11.4 Å². The number of methoxy groups -OCH3 is 1. The minimum absolute atomic E-state index is 0.101. The van der Waals surface area contributed by atoms with Crippen molar-refractivity contribution in [2.45, 2.75) is 12.5 Å². The number of anilines is 2. The lowest BCUT2D eigenvalue weighted by atomic mass is 10.0. The fourth-order valence-electron chi connectivity index (χ4n) is 4.58. The molecule has 3 aromatic rings. The smallest absolute Gasteiger partial charge is 0.248 e. The maximum Gasteiger partial charge on any atom is 0.248 e. The number of primary amides is 1. The molecule has 0 spiro atoms. The zero-order chi connectivity index (χ0) is 26.7. The number of nitrogens with two attached hydrogens (primary N) is 1. The first-order valence-corrected chi connectivity index (χ1v) is 12.9. The normalized spacial score (nSPS) is 14.7. The van der Waals surface area contributed by atoms with Crippen LogP contribution in [0.3, 0.4) is 0 Å². The van der Waals surface area contributed by atoms with Crippen LogP contribution in [0.5, 0.6) is 0 Å². The molecule has 4 rings (SSSR count). The third kappa shape index (κ3) is 7.05. The molecule has 1 aliphatic rings. The van der Waals surface area contributed by atoms with E-state index in [1.165, 1.54) is 0 Å². The fraction of sp³-hybridized carbons (Fsp3) is 0.333. The van der Waals surface area contributed by atoms with E-state index >= 15 is 0 Å². The number of benzene rings is 3. The molecule has 0 aliphatic carbocycles. The fourth-order valence-corrected chi connectivity index (χ4v) is 4.58. The van der Waals surface area contributed by atoms with Crippen LogP contribution in [-0.2, 0) is 19.0 Å². The van der Waals surface area contributed by atoms with Crippen molar-refractivity contribution in [3.8, 4) is 11.1 Å². The molecular weight excluding hydrogens is 482 g/mol. The van der Waals surface area contributed by atoms with E-state index in [9.17, 15) is 9.59 Å². The van der Waals surface area contributed by atoms with Gasteiger partial charge in [-0.2, -0.15) is 0 Å². The van der Waals surface area contributed by atoms with Crippen LogP contribution in [0, 0.1) is 0 Å². The molecule has 0 aromatic heterocycles. The molecule has 2 amide bonds. The van der Waals surface area contributed by atoms with Gasteiger partial charge in [0.2, 0.25) is 11.8 Å². The summed E-state index contributed by atoms with van der Waals surface area (Å²) in [6.45, 7) is 3.81. The summed E-state index contributed by atoms with van der Waals surface area (Å²) in [7, 11) is 1.63. The first-order valence-electron chi connectivity index (χ1n) is 12.9. The number of ether oxygens (including phenoxy) is 3. The average molecular weight is 518 g/mol. The van der Waals surface area contributed by atoms with Crippen molar-refractivity contribution in [3.63, 3.8) is 0 Å². The van der Waals surface area contributed by atoms with E-state index in [0.717, 1.165) is 11.1 Å². The van der Waals surface area contributed by atoms with Gasteiger partial charge in [-0.15, -0.1) is 0 Å². The lowest BCUT2D eigenvalue weighted by Gasteiger charge is -2.37. The summed E-state index contributed by atoms with van der Waals surface area (Å²) in [5.74, 6) is -0.647. The Hall–Kier alpha value is -3.56. The Kier molecular flexibility index (Phi) is 10.0. The Bertz CT molecular complexity index is 1180. The second-order valence-electron chi connectivity index (χ2n) is 9.06. The highest BCUT2D eigenvalue weighted by Crippen LogP contribution is 2.31. The zero-order valence-electron chi connectivity index (χ0n) is 21.8. The molecule has 3 aromatic carbocycles. The molecule has 0 bridgehead atoms. The quantitative estimate of drug-likeness (QED) is 0.367. The van der Waals surface area contributed by atoms with Crippen molar-refractivity contribution in [2.24, 2.45) is 5.73 Å². The van der Waals surface area contributed by atoms with E-state index in [-0.39, 0.29) is 5.91 Å². The molecule has 8 nitrogen and oxygen atoms in total. The number of hydrogen-bond donors (Lipinski definition) is 1. The molecular formula is C30H35N3O5. The number of rotatable bonds is 12. The van der Waals surface area contributed by atoms with Gasteiger partial charge in [-0.1, -0.05) is 48.5 Å². The lowest BCUT2D eigenvalue weighted by Crippen LogP contribution is -2.52. The number of nitrogens with zero attached hydrogens (tertiary/aromatic N) is 2. The number of morpholine rings is 1. The Labute approximate surface area is 223 Å². The van der Waals surface area contributed by atoms with Gasteiger partial charge < -0.3 is 19.9 Å². The van der Waals surface area contributed by atoms with Gasteiger partial charge in [0.25, 0.3) is 0 Å². The largest absolute Gasteiger partial charge is 0.382 e. The molecule has 1 heterocycles. The summed E-state index contributed by atoms with van der Waals surface area (Å²) in [5, 5.41) is 0. The van der Waals surface area contributed by atoms with Gasteiger partial charge in [0.1, 0.15) is 0 Å². The molecule has 1 unspecified atom stereocenters. The summed E-state index contributed by atoms with van der Waals surface area (Å²) in [6.07, 6.45) is 0.511. The van der Waals surface area contributed by atoms with Crippen molar-refractivity contribution < 1.29 is 23.8 Å². The maximum absolute atomic E-state index is 14.3. The average Bonchev–Trinajstić information content (AvgIpc) is 2.96. The molecule has 1 aliphatic heterocycles. The second kappa shape index (κ2) is 13.8. The van der Waals surface area contributed by atoms with E-state index in [1.807, 2.05) is 60.7 Å². The van der Waals surface area contributed by atoms with Crippen LogP contribution in [0.1, 0.15) is 16.8 Å². The van der Waals surface area contributed by atoms with Gasteiger partial charge in [0, 0.05) is 43.7 Å². The number of hydrogen-bond acceptors (Lipinski definition) is 6. The summed E-state index contributed by atoms with van der Waals surface area (Å²) in [4.78, 5) is 30.1. The van der Waals surface area contributed by atoms with Gasteiger partial charge >= 0.3 is 0 Å². The van der Waals surface area contributed by atoms with Crippen molar-refractivity contribution in [1.82, 2.24) is 4.90 Å². The van der Waals surface area contributed by atoms with Crippen molar-refractivity contribution in [3.05, 3.63) is 84.4 Å².